The zero-order valence-electron chi connectivity index (χ0n) is 11.0. The summed E-state index contributed by atoms with van der Waals surface area (Å²) in [4.78, 5) is 35.2. The van der Waals surface area contributed by atoms with Gasteiger partial charge in [-0.25, -0.2) is 9.18 Å². The van der Waals surface area contributed by atoms with Crippen LogP contribution in [-0.2, 0) is 9.59 Å². The molecule has 2 rings (SSSR count). The average molecular weight is 329 g/mol. The maximum Gasteiger partial charge on any atom is 0.338 e. The molecule has 0 saturated heterocycles. The Morgan fingerprint density at radius 2 is 2.05 bits per heavy atom. The van der Waals surface area contributed by atoms with Crippen LogP contribution in [0.2, 0.25) is 5.02 Å². The number of aliphatic hydroxyl groups excluding tert-OH is 1. The number of nitrogens with zero attached hydrogens (tertiary/aromatic N) is 1. The van der Waals surface area contributed by atoms with E-state index in [1.54, 1.807) is 0 Å². The highest BCUT2D eigenvalue weighted by molar-refractivity contribution is 6.33. The lowest BCUT2D eigenvalue weighted by molar-refractivity contribution is -0.137. The maximum absolute atomic E-state index is 13.4. The molecule has 0 bridgehead atoms. The number of amides is 2. The Hall–Kier alpha value is -2.45. The molecule has 0 atom stereocenters. The molecule has 0 aromatic heterocycles. The van der Waals surface area contributed by atoms with Gasteiger partial charge in [-0.3, -0.25) is 14.5 Å². The highest BCUT2D eigenvalue weighted by atomic mass is 35.5. The first-order chi connectivity index (χ1) is 10.3. The first-order valence-electron chi connectivity index (χ1n) is 6.03. The van der Waals surface area contributed by atoms with E-state index in [9.17, 15) is 18.8 Å². The molecule has 9 heteroatoms. The molecule has 7 nitrogen and oxygen atoms in total. The molecule has 0 fully saturated rings. The van der Waals surface area contributed by atoms with Gasteiger partial charge in [0.15, 0.2) is 0 Å². The second-order valence-corrected chi connectivity index (χ2v) is 4.73. The van der Waals surface area contributed by atoms with E-state index in [4.69, 9.17) is 21.8 Å². The van der Waals surface area contributed by atoms with Gasteiger partial charge >= 0.3 is 5.97 Å². The van der Waals surface area contributed by atoms with E-state index in [0.29, 0.717) is 0 Å². The van der Waals surface area contributed by atoms with Gasteiger partial charge in [0.25, 0.3) is 11.8 Å². The number of hydrogen-bond donors (Lipinski definition) is 3. The van der Waals surface area contributed by atoms with Crippen LogP contribution in [0.4, 0.5) is 10.1 Å². The van der Waals surface area contributed by atoms with Crippen molar-refractivity contribution in [1.29, 1.82) is 0 Å². The molecule has 2 amide bonds. The number of β-amino-alcohol motifs (C(OH)–C–C–N with tert-alkyl or cyclic N) is 1. The Morgan fingerprint density at radius 3 is 2.64 bits per heavy atom. The Morgan fingerprint density at radius 1 is 1.36 bits per heavy atom. The molecule has 1 aliphatic rings. The largest absolute Gasteiger partial charge is 0.478 e. The zero-order valence-corrected chi connectivity index (χ0v) is 11.7. The van der Waals surface area contributed by atoms with Crippen molar-refractivity contribution in [1.82, 2.24) is 4.90 Å². The van der Waals surface area contributed by atoms with Crippen LogP contribution in [0.15, 0.2) is 23.9 Å². The lowest BCUT2D eigenvalue weighted by Crippen LogP contribution is -2.34. The third kappa shape index (κ3) is 2.92. The number of imide groups is 1. The number of carbonyl (C=O) groups is 3. The first kappa shape index (κ1) is 15.9. The van der Waals surface area contributed by atoms with Gasteiger partial charge in [0.05, 0.1) is 29.4 Å². The second kappa shape index (κ2) is 6.12. The normalized spacial score (nSPS) is 14.3. The number of hydrogen-bond acceptors (Lipinski definition) is 5. The van der Waals surface area contributed by atoms with E-state index in [1.165, 1.54) is 0 Å². The summed E-state index contributed by atoms with van der Waals surface area (Å²) in [6.45, 7) is -0.560. The Bertz CT molecular complexity index is 704. The predicted molar refractivity (Wildman–Crippen MR) is 73.9 cm³/mol. The lowest BCUT2D eigenvalue weighted by atomic mass is 10.2. The van der Waals surface area contributed by atoms with Gasteiger partial charge in [-0.1, -0.05) is 11.6 Å². The number of carbonyl (C=O) groups excluding carboxylic acids is 2. The van der Waals surface area contributed by atoms with Gasteiger partial charge < -0.3 is 15.5 Å². The summed E-state index contributed by atoms with van der Waals surface area (Å²) in [7, 11) is 0. The van der Waals surface area contributed by atoms with Gasteiger partial charge in [0.1, 0.15) is 11.5 Å². The minimum atomic E-state index is -1.50. The van der Waals surface area contributed by atoms with Gasteiger partial charge in [-0.2, -0.15) is 0 Å². The number of carboxylic acid groups (broad SMARTS) is 1. The number of benzene rings is 1. The molecule has 0 aliphatic carbocycles. The number of aromatic carboxylic acids is 1. The van der Waals surface area contributed by atoms with E-state index in [0.717, 1.165) is 23.1 Å². The van der Waals surface area contributed by atoms with Crippen LogP contribution < -0.4 is 5.32 Å². The quantitative estimate of drug-likeness (QED) is 0.691. The molecule has 22 heavy (non-hydrogen) atoms. The molecule has 1 aromatic carbocycles. The Labute approximate surface area is 128 Å². The molecular weight excluding hydrogens is 319 g/mol. The van der Waals surface area contributed by atoms with E-state index in [1.807, 2.05) is 0 Å². The molecule has 0 spiro atoms. The molecule has 1 aromatic rings. The Kier molecular flexibility index (Phi) is 4.43. The van der Waals surface area contributed by atoms with Crippen molar-refractivity contribution in [3.05, 3.63) is 40.3 Å². The predicted octanol–water partition coefficient (Wildman–Crippen LogP) is 0.834. The van der Waals surface area contributed by atoms with Crippen LogP contribution in [0.5, 0.6) is 0 Å². The van der Waals surface area contributed by atoms with Crippen molar-refractivity contribution in [2.75, 3.05) is 18.5 Å². The standard InChI is InChI=1S/C13H10ClFN2O5/c14-7-4-8(15)6(13(21)22)3-9(7)16-10-5-11(19)17(1-2-18)12(10)20/h3-5,16,18H,1-2H2,(H,21,22). The van der Waals surface area contributed by atoms with Crippen molar-refractivity contribution in [2.45, 2.75) is 0 Å². The van der Waals surface area contributed by atoms with E-state index < -0.39 is 29.2 Å². The number of halogens is 2. The van der Waals surface area contributed by atoms with Crippen LogP contribution in [0.1, 0.15) is 10.4 Å². The van der Waals surface area contributed by atoms with Gasteiger partial charge in [-0.15, -0.1) is 0 Å². The van der Waals surface area contributed by atoms with Crippen molar-refractivity contribution in [3.8, 4) is 0 Å². The second-order valence-electron chi connectivity index (χ2n) is 4.32. The summed E-state index contributed by atoms with van der Waals surface area (Å²) < 4.78 is 13.4. The first-order valence-corrected chi connectivity index (χ1v) is 6.40. The molecule has 116 valence electrons. The fourth-order valence-corrected chi connectivity index (χ4v) is 2.06. The van der Waals surface area contributed by atoms with Crippen molar-refractivity contribution < 1.29 is 29.0 Å². The third-order valence-corrected chi connectivity index (χ3v) is 3.20. The summed E-state index contributed by atoms with van der Waals surface area (Å²) in [6.07, 6.45) is 0.984. The fourth-order valence-electron chi connectivity index (χ4n) is 1.86. The summed E-state index contributed by atoms with van der Waals surface area (Å²) in [5.41, 5.74) is -0.807. The van der Waals surface area contributed by atoms with Crippen LogP contribution in [0.3, 0.4) is 0 Å². The summed E-state index contributed by atoms with van der Waals surface area (Å²) >= 11 is 5.79. The van der Waals surface area contributed by atoms with Crippen molar-refractivity contribution >= 4 is 35.1 Å². The summed E-state index contributed by atoms with van der Waals surface area (Å²) in [6, 6.07) is 1.72. The van der Waals surface area contributed by atoms with Crippen LogP contribution in [0, 0.1) is 5.82 Å². The van der Waals surface area contributed by atoms with Crippen LogP contribution >= 0.6 is 11.6 Å². The molecular formula is C13H10ClFN2O5. The van der Waals surface area contributed by atoms with Gasteiger partial charge in [0, 0.05) is 6.08 Å². The summed E-state index contributed by atoms with van der Waals surface area (Å²) in [5, 5.41) is 20.0. The van der Waals surface area contributed by atoms with Gasteiger partial charge in [0.2, 0.25) is 0 Å². The smallest absolute Gasteiger partial charge is 0.338 e. The monoisotopic (exact) mass is 328 g/mol. The Balaban J connectivity index is 2.30. The number of rotatable bonds is 5. The van der Waals surface area contributed by atoms with Gasteiger partial charge in [-0.05, 0) is 12.1 Å². The van der Waals surface area contributed by atoms with Crippen LogP contribution in [0.25, 0.3) is 0 Å². The number of anilines is 1. The molecule has 1 heterocycles. The lowest BCUT2D eigenvalue weighted by Gasteiger charge is -2.14. The molecule has 3 N–H and O–H groups in total. The fraction of sp³-hybridized carbons (Fsp3) is 0.154. The minimum Gasteiger partial charge on any atom is -0.478 e. The number of aliphatic hydroxyl groups is 1. The minimum absolute atomic E-state index is 0.0290. The average Bonchev–Trinajstić information content (AvgIpc) is 2.69. The van der Waals surface area contributed by atoms with Crippen molar-refractivity contribution in [3.63, 3.8) is 0 Å². The molecule has 0 radical (unpaired) electrons. The van der Waals surface area contributed by atoms with E-state index in [2.05, 4.69) is 5.32 Å². The van der Waals surface area contributed by atoms with E-state index in [-0.39, 0.29) is 29.6 Å². The highest BCUT2D eigenvalue weighted by Gasteiger charge is 2.31. The number of nitrogens with one attached hydrogen (secondary N) is 1. The molecule has 1 aliphatic heterocycles. The molecule has 0 unspecified atom stereocenters. The van der Waals surface area contributed by atoms with Crippen molar-refractivity contribution in [2.24, 2.45) is 0 Å². The van der Waals surface area contributed by atoms with E-state index >= 15 is 0 Å². The van der Waals surface area contributed by atoms with Crippen LogP contribution in [-0.4, -0.2) is 46.0 Å². The topological polar surface area (TPSA) is 107 Å². The number of carboxylic acids is 1. The summed E-state index contributed by atoms with van der Waals surface area (Å²) in [5.74, 6) is -3.84. The SMILES string of the molecule is O=C(O)c1cc(NC2=CC(=O)N(CCO)C2=O)c(Cl)cc1F. The zero-order chi connectivity index (χ0) is 16.4. The highest BCUT2D eigenvalue weighted by Crippen LogP contribution is 2.28. The molecule has 0 saturated carbocycles. The third-order valence-electron chi connectivity index (χ3n) is 2.89. The maximum atomic E-state index is 13.4.